The van der Waals surface area contributed by atoms with E-state index in [4.69, 9.17) is 9.97 Å². The Morgan fingerprint density at radius 2 is 0.739 bits per heavy atom. The van der Waals surface area contributed by atoms with E-state index in [9.17, 15) is 9.65 Å². The van der Waals surface area contributed by atoms with Crippen molar-refractivity contribution in [2.24, 2.45) is 0 Å². The van der Waals surface area contributed by atoms with Gasteiger partial charge in [0.1, 0.15) is 11.6 Å². The molecular weight excluding hydrogens is 874 g/mol. The molecule has 12 rings (SSSR count). The van der Waals surface area contributed by atoms with Gasteiger partial charge < -0.3 is 9.13 Å². The summed E-state index contributed by atoms with van der Waals surface area (Å²) in [6.07, 6.45) is 3.56. The van der Waals surface area contributed by atoms with Crippen molar-refractivity contribution in [3.8, 4) is 73.3 Å². The third kappa shape index (κ3) is 6.66. The number of para-hydroxylation sites is 2. The number of hydrogen-bond donors (Lipinski definition) is 0. The van der Waals surface area contributed by atoms with Crippen molar-refractivity contribution in [2.75, 3.05) is 0 Å². The fourth-order valence-electron chi connectivity index (χ4n) is 9.59. The highest BCUT2D eigenvalue weighted by Crippen LogP contribution is 2.43. The topological polar surface area (TPSA) is 59.4 Å². The smallest absolute Gasteiger partial charge is 0.200 e. The van der Waals surface area contributed by atoms with Crippen LogP contribution in [0.1, 0.15) is 5.56 Å². The van der Waals surface area contributed by atoms with Gasteiger partial charge in [-0.1, -0.05) is 133 Å². The summed E-state index contributed by atoms with van der Waals surface area (Å²) < 4.78 is 81.2. The Hall–Kier alpha value is -9.20. The zero-order valence-corrected chi connectivity index (χ0v) is 36.1. The van der Waals surface area contributed by atoms with E-state index >= 15 is 17.6 Å². The number of hydrogen-bond acceptors (Lipinski definition) is 3. The molecule has 328 valence electrons. The molecule has 0 unspecified atom stereocenters. The number of nitriles is 1. The molecule has 0 aliphatic rings. The summed E-state index contributed by atoms with van der Waals surface area (Å²) in [6.45, 7) is 0. The summed E-state index contributed by atoms with van der Waals surface area (Å²) in [4.78, 5) is 9.51. The first kappa shape index (κ1) is 41.2. The van der Waals surface area contributed by atoms with Gasteiger partial charge in [0.05, 0.1) is 50.4 Å². The number of fused-ring (bicyclic) bond motifs is 6. The van der Waals surface area contributed by atoms with Crippen molar-refractivity contribution >= 4 is 43.6 Å². The van der Waals surface area contributed by atoms with Crippen molar-refractivity contribution in [1.29, 1.82) is 5.26 Å². The van der Waals surface area contributed by atoms with E-state index in [-0.39, 0.29) is 22.5 Å². The van der Waals surface area contributed by atoms with Gasteiger partial charge in [-0.05, 0) is 65.2 Å². The minimum Gasteiger partial charge on any atom is -0.308 e. The maximum absolute atomic E-state index is 16.2. The minimum absolute atomic E-state index is 0.0755. The lowest BCUT2D eigenvalue weighted by atomic mass is 9.98. The molecule has 0 N–H and O–H groups in total. The lowest BCUT2D eigenvalue weighted by Gasteiger charge is -2.19. The highest BCUT2D eigenvalue weighted by molar-refractivity contribution is 6.12. The molecule has 69 heavy (non-hydrogen) atoms. The van der Waals surface area contributed by atoms with Crippen molar-refractivity contribution in [1.82, 2.24) is 19.1 Å². The zero-order valence-electron chi connectivity index (χ0n) is 36.1. The second-order valence-electron chi connectivity index (χ2n) is 16.7. The molecule has 0 saturated carbocycles. The summed E-state index contributed by atoms with van der Waals surface area (Å²) in [5.41, 5.74) is 8.10. The second-order valence-corrected chi connectivity index (χ2v) is 16.7. The quantitative estimate of drug-likeness (QED) is 0.0909. The summed E-state index contributed by atoms with van der Waals surface area (Å²) in [6, 6.07) is 59.3. The van der Waals surface area contributed by atoms with Crippen LogP contribution in [-0.4, -0.2) is 19.1 Å². The van der Waals surface area contributed by atoms with Gasteiger partial charge >= 0.3 is 0 Å². The Bertz CT molecular complexity index is 3810. The van der Waals surface area contributed by atoms with E-state index in [0.717, 1.165) is 66.3 Å². The number of aromatic nitrogens is 4. The largest absolute Gasteiger partial charge is 0.308 e. The molecule has 0 amide bonds. The van der Waals surface area contributed by atoms with Gasteiger partial charge in [0.25, 0.3) is 0 Å². The molecule has 0 spiro atoms. The standard InChI is InChI=1S/C59H32F5N5/c60-55-54(56(61)58(63)59(64)57(55)62)40-29-52(68-48-17-9-7-15-41(48)43-23-19-36(27-50(43)68)38-21-25-46(66-32-38)34-11-3-1-4-12-34)45(31-65)53(30-40)69-49-18-10-8-16-42(49)44-24-20-37(28-51(44)69)39-22-26-47(67-33-39)35-13-5-2-6-14-35/h1-30,32-33H. The number of halogens is 5. The van der Waals surface area contributed by atoms with Crippen LogP contribution >= 0.6 is 0 Å². The van der Waals surface area contributed by atoms with E-state index in [1.54, 1.807) is 12.4 Å². The normalized spacial score (nSPS) is 11.5. The van der Waals surface area contributed by atoms with Gasteiger partial charge in [0.2, 0.25) is 5.82 Å². The van der Waals surface area contributed by atoms with Crippen LogP contribution in [0.5, 0.6) is 0 Å². The molecule has 0 radical (unpaired) electrons. The summed E-state index contributed by atoms with van der Waals surface area (Å²) in [5, 5.41) is 14.7. The maximum atomic E-state index is 16.2. The molecule has 0 bridgehead atoms. The van der Waals surface area contributed by atoms with Crippen LogP contribution < -0.4 is 0 Å². The average molecular weight is 906 g/mol. The lowest BCUT2D eigenvalue weighted by molar-refractivity contribution is 0.381. The molecule has 8 aromatic carbocycles. The van der Waals surface area contributed by atoms with Crippen molar-refractivity contribution < 1.29 is 22.0 Å². The number of benzene rings is 8. The number of pyridine rings is 2. The van der Waals surface area contributed by atoms with Crippen LogP contribution in [0.4, 0.5) is 22.0 Å². The molecule has 4 heterocycles. The average Bonchev–Trinajstić information content (AvgIpc) is 3.92. The van der Waals surface area contributed by atoms with E-state index in [0.29, 0.717) is 22.1 Å². The molecule has 12 aromatic rings. The zero-order chi connectivity index (χ0) is 46.9. The summed E-state index contributed by atoms with van der Waals surface area (Å²) in [5.74, 6) is -10.4. The minimum atomic E-state index is -2.27. The highest BCUT2D eigenvalue weighted by Gasteiger charge is 2.30. The summed E-state index contributed by atoms with van der Waals surface area (Å²) in [7, 11) is 0. The summed E-state index contributed by atoms with van der Waals surface area (Å²) >= 11 is 0. The van der Waals surface area contributed by atoms with Crippen molar-refractivity contribution in [3.63, 3.8) is 0 Å². The number of nitrogens with zero attached hydrogens (tertiary/aromatic N) is 5. The predicted molar refractivity (Wildman–Crippen MR) is 262 cm³/mol. The monoisotopic (exact) mass is 905 g/mol. The van der Waals surface area contributed by atoms with Gasteiger partial charge in [-0.15, -0.1) is 0 Å². The molecule has 0 aliphatic heterocycles. The van der Waals surface area contributed by atoms with Crippen LogP contribution in [0.3, 0.4) is 0 Å². The van der Waals surface area contributed by atoms with Gasteiger partial charge in [-0.25, -0.2) is 22.0 Å². The molecule has 0 saturated heterocycles. The molecular formula is C59H32F5N5. The Morgan fingerprint density at radius 3 is 1.16 bits per heavy atom. The van der Waals surface area contributed by atoms with E-state index in [2.05, 4.69) is 6.07 Å². The first-order chi connectivity index (χ1) is 33.8. The highest BCUT2D eigenvalue weighted by atomic mass is 19.2. The fourth-order valence-corrected chi connectivity index (χ4v) is 9.59. The fraction of sp³-hybridized carbons (Fsp3) is 0. The van der Waals surface area contributed by atoms with E-state index in [1.165, 1.54) is 12.1 Å². The molecule has 10 heteroatoms. The Kier molecular flexibility index (Phi) is 9.74. The second kappa shape index (κ2) is 16.3. The predicted octanol–water partition coefficient (Wildman–Crippen LogP) is 15.6. The lowest BCUT2D eigenvalue weighted by Crippen LogP contribution is -2.08. The van der Waals surface area contributed by atoms with Crippen LogP contribution in [0.25, 0.3) is 111 Å². The number of rotatable bonds is 7. The van der Waals surface area contributed by atoms with Crippen LogP contribution in [0.15, 0.2) is 194 Å². The van der Waals surface area contributed by atoms with Crippen LogP contribution in [-0.2, 0) is 0 Å². The van der Waals surface area contributed by atoms with Gasteiger partial charge in [0, 0.05) is 56.2 Å². The molecule has 5 nitrogen and oxygen atoms in total. The van der Waals surface area contributed by atoms with Crippen molar-refractivity contribution in [3.05, 3.63) is 229 Å². The van der Waals surface area contributed by atoms with Gasteiger partial charge in [-0.2, -0.15) is 5.26 Å². The third-order valence-corrected chi connectivity index (χ3v) is 12.9. The first-order valence-corrected chi connectivity index (χ1v) is 22.0. The molecule has 4 aromatic heterocycles. The Morgan fingerprint density at radius 1 is 0.348 bits per heavy atom. The first-order valence-electron chi connectivity index (χ1n) is 22.0. The molecule has 0 aliphatic carbocycles. The molecule has 0 fully saturated rings. The van der Waals surface area contributed by atoms with Gasteiger partial charge in [-0.3, -0.25) is 9.97 Å². The van der Waals surface area contributed by atoms with E-state index in [1.807, 2.05) is 179 Å². The maximum Gasteiger partial charge on any atom is 0.200 e. The Balaban J connectivity index is 1.14. The third-order valence-electron chi connectivity index (χ3n) is 12.9. The molecule has 0 atom stereocenters. The Labute approximate surface area is 390 Å². The van der Waals surface area contributed by atoms with Crippen molar-refractivity contribution in [2.45, 2.75) is 0 Å². The van der Waals surface area contributed by atoms with E-state index < -0.39 is 34.6 Å². The van der Waals surface area contributed by atoms with Gasteiger partial charge in [0.15, 0.2) is 23.3 Å². The SMILES string of the molecule is N#Cc1c(-n2c3ccccc3c3ccc(-c4ccc(-c5ccccc5)nc4)cc32)cc(-c2c(F)c(F)c(F)c(F)c2F)cc1-n1c2ccccc2c2ccc(-c3ccc(-c4ccccc4)nc3)cc21. The van der Waals surface area contributed by atoms with Crippen LogP contribution in [0, 0.1) is 40.4 Å². The van der Waals surface area contributed by atoms with Crippen LogP contribution in [0.2, 0.25) is 0 Å².